The lowest BCUT2D eigenvalue weighted by molar-refractivity contribution is -0.274. The quantitative estimate of drug-likeness (QED) is 0.475. The molecule has 2 amide bonds. The molecular weight excluding hydrogens is 417 g/mol. The molecule has 31 heavy (non-hydrogen) atoms. The minimum atomic E-state index is -4.80. The molecule has 164 valence electrons. The number of nitrogens with zero attached hydrogens (tertiary/aromatic N) is 1. The second-order valence-electron chi connectivity index (χ2n) is 6.63. The van der Waals surface area contributed by atoms with Crippen LogP contribution in [0.25, 0.3) is 0 Å². The second-order valence-corrected chi connectivity index (χ2v) is 6.63. The number of morpholine rings is 1. The van der Waals surface area contributed by atoms with Crippen LogP contribution in [0.15, 0.2) is 48.5 Å². The van der Waals surface area contributed by atoms with Gasteiger partial charge in [0.15, 0.2) is 0 Å². The highest BCUT2D eigenvalue weighted by Gasteiger charge is 2.33. The fourth-order valence-corrected chi connectivity index (χ4v) is 2.99. The van der Waals surface area contributed by atoms with Crippen LogP contribution in [-0.4, -0.2) is 43.3 Å². The van der Waals surface area contributed by atoms with E-state index in [0.717, 1.165) is 12.1 Å². The minimum absolute atomic E-state index is 0.0998. The molecule has 0 saturated carbocycles. The van der Waals surface area contributed by atoms with E-state index in [1.54, 1.807) is 24.3 Å². The highest BCUT2D eigenvalue weighted by molar-refractivity contribution is 6.02. The van der Waals surface area contributed by atoms with Gasteiger partial charge in [-0.2, -0.15) is 0 Å². The Kier molecular flexibility index (Phi) is 6.44. The normalized spacial score (nSPS) is 16.7. The Morgan fingerprint density at radius 3 is 2.42 bits per heavy atom. The number of ether oxygens (including phenoxy) is 2. The van der Waals surface area contributed by atoms with E-state index in [4.69, 9.17) is 15.9 Å². The van der Waals surface area contributed by atoms with E-state index in [9.17, 15) is 22.8 Å². The van der Waals surface area contributed by atoms with Crippen molar-refractivity contribution in [2.75, 3.05) is 23.4 Å². The number of amides is 2. The first-order valence-electron chi connectivity index (χ1n) is 9.15. The molecule has 8 nitrogen and oxygen atoms in total. The third-order valence-electron chi connectivity index (χ3n) is 4.41. The van der Waals surface area contributed by atoms with Gasteiger partial charge in [-0.15, -0.1) is 13.2 Å². The Labute approximate surface area is 175 Å². The fraction of sp³-hybridized carbons (Fsp3) is 0.250. The van der Waals surface area contributed by atoms with E-state index < -0.39 is 30.0 Å². The Morgan fingerprint density at radius 2 is 1.84 bits per heavy atom. The van der Waals surface area contributed by atoms with Crippen LogP contribution in [0.4, 0.5) is 24.5 Å². The number of nitrogen functional groups attached to an aromatic ring is 1. The molecule has 4 N–H and O–H groups in total. The topological polar surface area (TPSA) is 118 Å². The molecule has 1 fully saturated rings. The second kappa shape index (κ2) is 9.04. The van der Waals surface area contributed by atoms with Gasteiger partial charge in [0.2, 0.25) is 5.91 Å². The number of amidine groups is 1. The number of nitrogens with two attached hydrogens (primary N) is 1. The van der Waals surface area contributed by atoms with Gasteiger partial charge in [0, 0.05) is 23.5 Å². The van der Waals surface area contributed by atoms with Crippen LogP contribution in [-0.2, 0) is 14.3 Å². The lowest BCUT2D eigenvalue weighted by Gasteiger charge is -2.32. The zero-order chi connectivity index (χ0) is 22.6. The summed E-state index contributed by atoms with van der Waals surface area (Å²) in [6, 6.07) is 11.2. The molecular formula is C20H19F3N4O4. The van der Waals surface area contributed by atoms with Crippen molar-refractivity contribution in [1.82, 2.24) is 0 Å². The van der Waals surface area contributed by atoms with Gasteiger partial charge in [-0.05, 0) is 48.5 Å². The van der Waals surface area contributed by atoms with Crippen molar-refractivity contribution in [2.45, 2.75) is 18.9 Å². The van der Waals surface area contributed by atoms with Crippen molar-refractivity contribution in [2.24, 2.45) is 5.73 Å². The summed E-state index contributed by atoms with van der Waals surface area (Å²) in [5, 5.41) is 9.99. The van der Waals surface area contributed by atoms with Gasteiger partial charge >= 0.3 is 6.36 Å². The van der Waals surface area contributed by atoms with E-state index in [0.29, 0.717) is 16.9 Å². The molecule has 1 aliphatic heterocycles. The zero-order valence-corrected chi connectivity index (χ0v) is 16.1. The number of carbonyl (C=O) groups excluding carboxylic acids is 2. The molecule has 0 aromatic heterocycles. The van der Waals surface area contributed by atoms with Crippen LogP contribution >= 0.6 is 0 Å². The number of nitrogens with one attached hydrogen (secondary N) is 2. The number of hydrogen-bond acceptors (Lipinski definition) is 5. The summed E-state index contributed by atoms with van der Waals surface area (Å²) in [6.07, 6.45) is -6.07. The van der Waals surface area contributed by atoms with Crippen molar-refractivity contribution in [3.05, 3.63) is 54.1 Å². The zero-order valence-electron chi connectivity index (χ0n) is 16.1. The molecule has 2 aromatic carbocycles. The van der Waals surface area contributed by atoms with Gasteiger partial charge < -0.3 is 25.4 Å². The van der Waals surface area contributed by atoms with Crippen molar-refractivity contribution < 1.29 is 32.2 Å². The average molecular weight is 436 g/mol. The summed E-state index contributed by atoms with van der Waals surface area (Å²) in [5.74, 6) is -1.43. The third kappa shape index (κ3) is 5.95. The summed E-state index contributed by atoms with van der Waals surface area (Å²) >= 11 is 0. The van der Waals surface area contributed by atoms with Crippen LogP contribution in [0.3, 0.4) is 0 Å². The SMILES string of the molecule is N=C(N)c1ccc(NC(=O)CC2OCCN(c3ccc(OC(F)(F)F)cc3)C2=O)cc1. The maximum absolute atomic E-state index is 12.7. The molecule has 3 rings (SSSR count). The first kappa shape index (κ1) is 22.1. The monoisotopic (exact) mass is 436 g/mol. The molecule has 1 unspecified atom stereocenters. The number of alkyl halides is 3. The number of anilines is 2. The van der Waals surface area contributed by atoms with E-state index in [-0.39, 0.29) is 25.4 Å². The average Bonchev–Trinajstić information content (AvgIpc) is 2.69. The van der Waals surface area contributed by atoms with Gasteiger partial charge in [0.1, 0.15) is 17.7 Å². The Bertz CT molecular complexity index is 962. The van der Waals surface area contributed by atoms with Crippen molar-refractivity contribution in [3.8, 4) is 5.75 Å². The number of benzene rings is 2. The number of carbonyl (C=O) groups is 2. The van der Waals surface area contributed by atoms with Crippen LogP contribution in [0.5, 0.6) is 5.75 Å². The Hall–Kier alpha value is -3.60. The van der Waals surface area contributed by atoms with Crippen molar-refractivity contribution >= 4 is 29.0 Å². The van der Waals surface area contributed by atoms with Crippen LogP contribution in [0.1, 0.15) is 12.0 Å². The molecule has 0 bridgehead atoms. The fourth-order valence-electron chi connectivity index (χ4n) is 2.99. The van der Waals surface area contributed by atoms with E-state index in [2.05, 4.69) is 10.1 Å². The van der Waals surface area contributed by atoms with Gasteiger partial charge in [-0.1, -0.05) is 0 Å². The Morgan fingerprint density at radius 1 is 1.19 bits per heavy atom. The molecule has 1 atom stereocenters. The van der Waals surface area contributed by atoms with Crippen molar-refractivity contribution in [1.29, 1.82) is 5.41 Å². The highest BCUT2D eigenvalue weighted by Crippen LogP contribution is 2.27. The molecule has 0 spiro atoms. The third-order valence-corrected chi connectivity index (χ3v) is 4.41. The van der Waals surface area contributed by atoms with E-state index in [1.165, 1.54) is 17.0 Å². The molecule has 0 aliphatic carbocycles. The summed E-state index contributed by atoms with van der Waals surface area (Å²) in [7, 11) is 0. The number of rotatable bonds is 6. The first-order chi connectivity index (χ1) is 14.6. The molecule has 0 radical (unpaired) electrons. The molecule has 1 aliphatic rings. The Balaban J connectivity index is 1.61. The van der Waals surface area contributed by atoms with Crippen LogP contribution < -0.4 is 20.7 Å². The summed E-state index contributed by atoms with van der Waals surface area (Å²) < 4.78 is 46.1. The standard InChI is InChI=1S/C20H19F3N4O4/c21-20(22,23)31-15-7-5-14(6-8-15)27-9-10-30-16(19(27)29)11-17(28)26-13-3-1-12(2-4-13)18(24)25/h1-8,16H,9-11H2,(H3,24,25)(H,26,28). The molecule has 1 saturated heterocycles. The molecule has 2 aromatic rings. The maximum Gasteiger partial charge on any atom is 0.573 e. The van der Waals surface area contributed by atoms with Gasteiger partial charge in [-0.25, -0.2) is 0 Å². The maximum atomic E-state index is 12.7. The lowest BCUT2D eigenvalue weighted by atomic mass is 10.1. The largest absolute Gasteiger partial charge is 0.573 e. The molecule has 1 heterocycles. The highest BCUT2D eigenvalue weighted by atomic mass is 19.4. The molecule has 11 heteroatoms. The first-order valence-corrected chi connectivity index (χ1v) is 9.15. The predicted octanol–water partition coefficient (Wildman–Crippen LogP) is 2.63. The van der Waals surface area contributed by atoms with Crippen LogP contribution in [0.2, 0.25) is 0 Å². The smallest absolute Gasteiger partial charge is 0.406 e. The number of halogens is 3. The lowest BCUT2D eigenvalue weighted by Crippen LogP contribution is -2.49. The summed E-state index contributed by atoms with van der Waals surface area (Å²) in [4.78, 5) is 26.4. The summed E-state index contributed by atoms with van der Waals surface area (Å²) in [6.45, 7) is 0.362. The van der Waals surface area contributed by atoms with Crippen molar-refractivity contribution in [3.63, 3.8) is 0 Å². The van der Waals surface area contributed by atoms with Gasteiger partial charge in [0.25, 0.3) is 5.91 Å². The van der Waals surface area contributed by atoms with E-state index in [1.807, 2.05) is 0 Å². The predicted molar refractivity (Wildman–Crippen MR) is 106 cm³/mol. The minimum Gasteiger partial charge on any atom is -0.406 e. The van der Waals surface area contributed by atoms with Crippen LogP contribution in [0, 0.1) is 5.41 Å². The van der Waals surface area contributed by atoms with Gasteiger partial charge in [0.05, 0.1) is 13.0 Å². The number of hydrogen-bond donors (Lipinski definition) is 3. The van der Waals surface area contributed by atoms with Gasteiger partial charge in [-0.3, -0.25) is 15.0 Å². The summed E-state index contributed by atoms with van der Waals surface area (Å²) in [5.41, 5.74) is 6.72. The van der Waals surface area contributed by atoms with E-state index >= 15 is 0 Å².